The van der Waals surface area contributed by atoms with Gasteiger partial charge in [0, 0.05) is 11.6 Å². The SMILES string of the molecule is Fc1cc2scnc2cc1Nc1ccnc2sc(I)cc12. The molecule has 0 amide bonds. The van der Waals surface area contributed by atoms with Crippen molar-refractivity contribution in [2.24, 2.45) is 0 Å². The Morgan fingerprint density at radius 3 is 2.95 bits per heavy atom. The average Bonchev–Trinajstić information content (AvgIpc) is 3.04. The monoisotopic (exact) mass is 427 g/mol. The van der Waals surface area contributed by atoms with Crippen LogP contribution >= 0.6 is 45.3 Å². The van der Waals surface area contributed by atoms with E-state index in [0.29, 0.717) is 5.69 Å². The molecule has 0 aliphatic heterocycles. The van der Waals surface area contributed by atoms with Gasteiger partial charge in [-0.15, -0.1) is 22.7 Å². The third-order valence-electron chi connectivity index (χ3n) is 3.09. The number of anilines is 2. The summed E-state index contributed by atoms with van der Waals surface area (Å²) in [5.74, 6) is -0.276. The second-order valence-corrected chi connectivity index (χ2v) is 8.22. The number of hydrogen-bond donors (Lipinski definition) is 1. The number of nitrogens with zero attached hydrogens (tertiary/aromatic N) is 2. The molecule has 0 fully saturated rings. The maximum absolute atomic E-state index is 14.2. The molecule has 3 heterocycles. The zero-order chi connectivity index (χ0) is 14.4. The Kier molecular flexibility index (Phi) is 3.27. The molecule has 0 aliphatic carbocycles. The van der Waals surface area contributed by atoms with Gasteiger partial charge in [0.15, 0.2) is 0 Å². The highest BCUT2D eigenvalue weighted by atomic mass is 127. The van der Waals surface area contributed by atoms with Crippen molar-refractivity contribution in [3.05, 3.63) is 44.7 Å². The lowest BCUT2D eigenvalue weighted by Gasteiger charge is -2.08. The van der Waals surface area contributed by atoms with Gasteiger partial charge in [0.25, 0.3) is 0 Å². The molecule has 104 valence electrons. The van der Waals surface area contributed by atoms with Gasteiger partial charge in [0.1, 0.15) is 10.6 Å². The van der Waals surface area contributed by atoms with Crippen LogP contribution in [0.4, 0.5) is 15.8 Å². The van der Waals surface area contributed by atoms with Crippen molar-refractivity contribution in [1.29, 1.82) is 0 Å². The molecule has 0 aliphatic rings. The van der Waals surface area contributed by atoms with Gasteiger partial charge in [-0.1, -0.05) is 0 Å². The second kappa shape index (κ2) is 5.15. The minimum Gasteiger partial charge on any atom is -0.352 e. The molecule has 4 aromatic rings. The Balaban J connectivity index is 1.83. The van der Waals surface area contributed by atoms with E-state index < -0.39 is 0 Å². The smallest absolute Gasteiger partial charge is 0.148 e. The predicted octanol–water partition coefficient (Wildman–Crippen LogP) is 5.39. The first kappa shape index (κ1) is 13.4. The number of pyridine rings is 1. The van der Waals surface area contributed by atoms with E-state index in [1.165, 1.54) is 17.4 Å². The van der Waals surface area contributed by atoms with Crippen molar-refractivity contribution in [2.45, 2.75) is 0 Å². The van der Waals surface area contributed by atoms with E-state index in [9.17, 15) is 4.39 Å². The van der Waals surface area contributed by atoms with Gasteiger partial charge in [-0.25, -0.2) is 14.4 Å². The lowest BCUT2D eigenvalue weighted by atomic mass is 10.2. The quantitative estimate of drug-likeness (QED) is 0.436. The molecule has 3 nitrogen and oxygen atoms in total. The Morgan fingerprint density at radius 2 is 2.05 bits per heavy atom. The van der Waals surface area contributed by atoms with E-state index in [1.807, 2.05) is 6.07 Å². The van der Waals surface area contributed by atoms with Crippen LogP contribution in [0.1, 0.15) is 0 Å². The zero-order valence-corrected chi connectivity index (χ0v) is 14.2. The highest BCUT2D eigenvalue weighted by molar-refractivity contribution is 14.1. The number of hydrogen-bond acceptors (Lipinski definition) is 5. The molecule has 0 spiro atoms. The van der Waals surface area contributed by atoms with E-state index >= 15 is 0 Å². The molecule has 4 rings (SSSR count). The first-order valence-electron chi connectivity index (χ1n) is 6.04. The molecule has 0 unspecified atom stereocenters. The Labute approximate surface area is 141 Å². The predicted molar refractivity (Wildman–Crippen MR) is 95.2 cm³/mol. The van der Waals surface area contributed by atoms with Gasteiger partial charge in [0.05, 0.1) is 30.0 Å². The first-order chi connectivity index (χ1) is 10.2. The minimum absolute atomic E-state index is 0.276. The third-order valence-corrected chi connectivity index (χ3v) is 5.69. The molecule has 21 heavy (non-hydrogen) atoms. The van der Waals surface area contributed by atoms with E-state index in [2.05, 4.69) is 43.9 Å². The molecule has 0 saturated heterocycles. The number of benzene rings is 1. The first-order valence-corrected chi connectivity index (χ1v) is 8.82. The molecule has 1 N–H and O–H groups in total. The van der Waals surface area contributed by atoms with E-state index in [0.717, 1.165) is 29.0 Å². The molecule has 3 aromatic heterocycles. The van der Waals surface area contributed by atoms with Crippen molar-refractivity contribution in [1.82, 2.24) is 9.97 Å². The van der Waals surface area contributed by atoms with Crippen LogP contribution in [0.5, 0.6) is 0 Å². The molecule has 1 aromatic carbocycles. The summed E-state index contributed by atoms with van der Waals surface area (Å²) in [6.07, 6.45) is 1.73. The van der Waals surface area contributed by atoms with Crippen LogP contribution < -0.4 is 5.32 Å². The zero-order valence-electron chi connectivity index (χ0n) is 10.4. The van der Waals surface area contributed by atoms with Gasteiger partial charge in [-0.3, -0.25) is 0 Å². The van der Waals surface area contributed by atoms with Crippen LogP contribution in [0.25, 0.3) is 20.4 Å². The Hall–Kier alpha value is -1.32. The molecule has 0 atom stereocenters. The summed E-state index contributed by atoms with van der Waals surface area (Å²) < 4.78 is 16.2. The maximum atomic E-state index is 14.2. The van der Waals surface area contributed by atoms with Gasteiger partial charge in [-0.2, -0.15) is 0 Å². The number of halogens is 2. The topological polar surface area (TPSA) is 37.8 Å². The summed E-state index contributed by atoms with van der Waals surface area (Å²) in [4.78, 5) is 9.51. The third kappa shape index (κ3) is 2.39. The number of aromatic nitrogens is 2. The van der Waals surface area contributed by atoms with Crippen molar-refractivity contribution < 1.29 is 4.39 Å². The highest BCUT2D eigenvalue weighted by Crippen LogP contribution is 2.33. The highest BCUT2D eigenvalue weighted by Gasteiger charge is 2.10. The van der Waals surface area contributed by atoms with Crippen LogP contribution in [-0.2, 0) is 0 Å². The Morgan fingerprint density at radius 1 is 1.14 bits per heavy atom. The molecule has 0 bridgehead atoms. The second-order valence-electron chi connectivity index (χ2n) is 4.40. The number of nitrogens with one attached hydrogen (secondary N) is 1. The van der Waals surface area contributed by atoms with Gasteiger partial charge in [-0.05, 0) is 46.9 Å². The van der Waals surface area contributed by atoms with Crippen LogP contribution in [-0.4, -0.2) is 9.97 Å². The fourth-order valence-electron chi connectivity index (χ4n) is 2.14. The summed E-state index contributed by atoms with van der Waals surface area (Å²) >= 11 is 5.32. The van der Waals surface area contributed by atoms with Crippen LogP contribution in [0.3, 0.4) is 0 Å². The van der Waals surface area contributed by atoms with Crippen molar-refractivity contribution in [2.75, 3.05) is 5.32 Å². The average molecular weight is 427 g/mol. The minimum atomic E-state index is -0.276. The summed E-state index contributed by atoms with van der Waals surface area (Å²) in [6.45, 7) is 0. The molecular formula is C14H7FIN3S2. The number of thiophene rings is 1. The molecule has 0 radical (unpaired) electrons. The lowest BCUT2D eigenvalue weighted by Crippen LogP contribution is -1.94. The summed E-state index contributed by atoms with van der Waals surface area (Å²) in [5, 5.41) is 4.17. The summed E-state index contributed by atoms with van der Waals surface area (Å²) in [6, 6.07) is 7.17. The number of rotatable bonds is 2. The van der Waals surface area contributed by atoms with Gasteiger partial charge >= 0.3 is 0 Å². The maximum Gasteiger partial charge on any atom is 0.148 e. The molecule has 0 saturated carbocycles. The normalized spacial score (nSPS) is 11.3. The Bertz CT molecular complexity index is 963. The molecular weight excluding hydrogens is 420 g/mol. The van der Waals surface area contributed by atoms with Crippen molar-refractivity contribution in [3.8, 4) is 0 Å². The van der Waals surface area contributed by atoms with Gasteiger partial charge in [0.2, 0.25) is 0 Å². The lowest BCUT2D eigenvalue weighted by molar-refractivity contribution is 0.634. The van der Waals surface area contributed by atoms with Crippen LogP contribution in [0.15, 0.2) is 36.0 Å². The largest absolute Gasteiger partial charge is 0.352 e. The summed E-state index contributed by atoms with van der Waals surface area (Å²) in [5.41, 5.74) is 3.81. The van der Waals surface area contributed by atoms with Crippen LogP contribution in [0.2, 0.25) is 0 Å². The number of fused-ring (bicyclic) bond motifs is 2. The fraction of sp³-hybridized carbons (Fsp3) is 0. The van der Waals surface area contributed by atoms with Crippen molar-refractivity contribution >= 4 is 77.1 Å². The van der Waals surface area contributed by atoms with Gasteiger partial charge < -0.3 is 5.32 Å². The standard InChI is InChI=1S/C14H7FIN3S2/c15-8-4-12-11(18-6-20-12)5-10(8)19-9-1-2-17-14-7(9)3-13(16)21-14/h1-6H,(H,17,19). The fourth-order valence-corrected chi connectivity index (χ4v) is 4.51. The van der Waals surface area contributed by atoms with E-state index in [1.54, 1.807) is 29.1 Å². The number of thiazole rings is 1. The summed E-state index contributed by atoms with van der Waals surface area (Å²) in [7, 11) is 0. The van der Waals surface area contributed by atoms with Crippen molar-refractivity contribution in [3.63, 3.8) is 0 Å². The van der Waals surface area contributed by atoms with E-state index in [-0.39, 0.29) is 5.82 Å². The van der Waals surface area contributed by atoms with E-state index in [4.69, 9.17) is 0 Å². The van der Waals surface area contributed by atoms with Crippen LogP contribution in [0, 0.1) is 8.70 Å². The molecule has 7 heteroatoms.